The number of benzene rings is 1. The first-order valence-electron chi connectivity index (χ1n) is 6.61. The SMILES string of the molecule is NCC1(Nc2ccc(C(F)(F)F)cc2[N+](=O)[O-])CCCC1. The monoisotopic (exact) mass is 303 g/mol. The van der Waals surface area contributed by atoms with Gasteiger partial charge in [0.25, 0.3) is 5.69 Å². The van der Waals surface area contributed by atoms with Crippen molar-refractivity contribution < 1.29 is 18.1 Å². The van der Waals surface area contributed by atoms with E-state index in [4.69, 9.17) is 5.73 Å². The molecule has 2 rings (SSSR count). The molecule has 116 valence electrons. The van der Waals surface area contributed by atoms with Crippen LogP contribution in [0.1, 0.15) is 31.2 Å². The average Bonchev–Trinajstić information content (AvgIpc) is 2.87. The van der Waals surface area contributed by atoms with Gasteiger partial charge in [0, 0.05) is 18.2 Å². The van der Waals surface area contributed by atoms with Crippen LogP contribution in [0.5, 0.6) is 0 Å². The molecule has 0 aliphatic heterocycles. The number of nitrogens with two attached hydrogens (primary N) is 1. The summed E-state index contributed by atoms with van der Waals surface area (Å²) in [6.45, 7) is 0.283. The molecule has 0 saturated heterocycles. The molecule has 0 radical (unpaired) electrons. The summed E-state index contributed by atoms with van der Waals surface area (Å²) >= 11 is 0. The van der Waals surface area contributed by atoms with Crippen molar-refractivity contribution in [3.05, 3.63) is 33.9 Å². The van der Waals surface area contributed by atoms with Gasteiger partial charge in [0.15, 0.2) is 0 Å². The van der Waals surface area contributed by atoms with E-state index >= 15 is 0 Å². The van der Waals surface area contributed by atoms with Crippen LogP contribution in [-0.4, -0.2) is 17.0 Å². The van der Waals surface area contributed by atoms with E-state index in [2.05, 4.69) is 5.32 Å². The largest absolute Gasteiger partial charge is 0.416 e. The van der Waals surface area contributed by atoms with E-state index in [1.165, 1.54) is 0 Å². The van der Waals surface area contributed by atoms with Crippen LogP contribution in [0.15, 0.2) is 18.2 Å². The molecular weight excluding hydrogens is 287 g/mol. The van der Waals surface area contributed by atoms with Gasteiger partial charge in [0.1, 0.15) is 5.69 Å². The lowest BCUT2D eigenvalue weighted by atomic mass is 9.97. The molecule has 0 amide bonds. The van der Waals surface area contributed by atoms with Gasteiger partial charge in [0.2, 0.25) is 0 Å². The number of nitro benzene ring substituents is 1. The van der Waals surface area contributed by atoms with Crippen molar-refractivity contribution in [2.24, 2.45) is 5.73 Å². The Balaban J connectivity index is 2.37. The molecule has 0 heterocycles. The van der Waals surface area contributed by atoms with Gasteiger partial charge in [0.05, 0.1) is 10.5 Å². The first-order chi connectivity index (χ1) is 9.77. The lowest BCUT2D eigenvalue weighted by Gasteiger charge is -2.29. The Hall–Kier alpha value is -1.83. The van der Waals surface area contributed by atoms with Crippen molar-refractivity contribution in [1.82, 2.24) is 0 Å². The summed E-state index contributed by atoms with van der Waals surface area (Å²) in [5.41, 5.74) is 3.73. The summed E-state index contributed by atoms with van der Waals surface area (Å²) in [4.78, 5) is 10.2. The Morgan fingerprint density at radius 3 is 2.43 bits per heavy atom. The summed E-state index contributed by atoms with van der Waals surface area (Å²) in [5.74, 6) is 0. The molecule has 1 aliphatic rings. The molecule has 0 aromatic heterocycles. The quantitative estimate of drug-likeness (QED) is 0.660. The Labute approximate surface area is 119 Å². The van der Waals surface area contributed by atoms with Crippen molar-refractivity contribution in [1.29, 1.82) is 0 Å². The van der Waals surface area contributed by atoms with E-state index in [0.29, 0.717) is 6.07 Å². The van der Waals surface area contributed by atoms with Gasteiger partial charge in [-0.05, 0) is 25.0 Å². The average molecular weight is 303 g/mol. The van der Waals surface area contributed by atoms with Crippen molar-refractivity contribution in [2.45, 2.75) is 37.4 Å². The second-order valence-corrected chi connectivity index (χ2v) is 5.30. The third-order valence-corrected chi connectivity index (χ3v) is 3.87. The third kappa shape index (κ3) is 3.26. The fraction of sp³-hybridized carbons (Fsp3) is 0.538. The zero-order valence-corrected chi connectivity index (χ0v) is 11.2. The smallest absolute Gasteiger partial charge is 0.373 e. The minimum absolute atomic E-state index is 0.0837. The molecule has 5 nitrogen and oxygen atoms in total. The van der Waals surface area contributed by atoms with Crippen molar-refractivity contribution in [3.63, 3.8) is 0 Å². The number of nitrogens with zero attached hydrogens (tertiary/aromatic N) is 1. The van der Waals surface area contributed by atoms with Gasteiger partial charge in [-0.2, -0.15) is 13.2 Å². The normalized spacial score (nSPS) is 17.7. The number of rotatable bonds is 4. The molecule has 1 saturated carbocycles. The number of nitro groups is 1. The Morgan fingerprint density at radius 2 is 1.95 bits per heavy atom. The van der Waals surface area contributed by atoms with Crippen LogP contribution in [0.2, 0.25) is 0 Å². The van der Waals surface area contributed by atoms with Crippen LogP contribution in [0.25, 0.3) is 0 Å². The molecule has 1 aliphatic carbocycles. The lowest BCUT2D eigenvalue weighted by Crippen LogP contribution is -2.42. The van der Waals surface area contributed by atoms with Gasteiger partial charge < -0.3 is 11.1 Å². The second-order valence-electron chi connectivity index (χ2n) is 5.30. The summed E-state index contributed by atoms with van der Waals surface area (Å²) in [6, 6.07) is 2.51. The molecule has 21 heavy (non-hydrogen) atoms. The van der Waals surface area contributed by atoms with Crippen LogP contribution in [0, 0.1) is 10.1 Å². The number of nitrogens with one attached hydrogen (secondary N) is 1. The van der Waals surface area contributed by atoms with E-state index in [-0.39, 0.29) is 12.2 Å². The molecule has 1 aromatic rings. The fourth-order valence-electron chi connectivity index (χ4n) is 2.68. The maximum atomic E-state index is 12.6. The van der Waals surface area contributed by atoms with Crippen LogP contribution in [0.4, 0.5) is 24.5 Å². The predicted molar refractivity (Wildman–Crippen MR) is 72.0 cm³/mol. The topological polar surface area (TPSA) is 81.2 Å². The molecule has 0 unspecified atom stereocenters. The highest BCUT2D eigenvalue weighted by Gasteiger charge is 2.36. The van der Waals surface area contributed by atoms with Crippen LogP contribution < -0.4 is 11.1 Å². The Bertz CT molecular complexity index is 540. The highest BCUT2D eigenvalue weighted by Crippen LogP contribution is 2.38. The molecule has 0 atom stereocenters. The zero-order chi connectivity index (χ0) is 15.7. The number of anilines is 1. The van der Waals surface area contributed by atoms with E-state index in [0.717, 1.165) is 37.8 Å². The zero-order valence-electron chi connectivity index (χ0n) is 11.2. The highest BCUT2D eigenvalue weighted by molar-refractivity contribution is 5.64. The van der Waals surface area contributed by atoms with Crippen molar-refractivity contribution in [3.8, 4) is 0 Å². The first kappa shape index (κ1) is 15.6. The fourth-order valence-corrected chi connectivity index (χ4v) is 2.68. The summed E-state index contributed by atoms with van der Waals surface area (Å²) in [7, 11) is 0. The lowest BCUT2D eigenvalue weighted by molar-refractivity contribution is -0.384. The summed E-state index contributed by atoms with van der Waals surface area (Å²) in [6.07, 6.45) is -1.22. The molecular formula is C13H16F3N3O2. The minimum Gasteiger partial charge on any atom is -0.373 e. The number of hydrogen-bond donors (Lipinski definition) is 2. The standard InChI is InChI=1S/C13H16F3N3O2/c14-13(15,16)9-3-4-10(11(7-9)19(20)21)18-12(8-17)5-1-2-6-12/h3-4,7,18H,1-2,5-6,8,17H2. The van der Waals surface area contributed by atoms with E-state index < -0.39 is 27.9 Å². The Morgan fingerprint density at radius 1 is 1.33 bits per heavy atom. The van der Waals surface area contributed by atoms with Gasteiger partial charge in [-0.3, -0.25) is 10.1 Å². The second kappa shape index (κ2) is 5.51. The van der Waals surface area contributed by atoms with Crippen LogP contribution in [-0.2, 0) is 6.18 Å². The molecule has 0 spiro atoms. The van der Waals surface area contributed by atoms with Crippen LogP contribution >= 0.6 is 0 Å². The highest BCUT2D eigenvalue weighted by atomic mass is 19.4. The molecule has 1 aromatic carbocycles. The van der Waals surface area contributed by atoms with E-state index in [9.17, 15) is 23.3 Å². The third-order valence-electron chi connectivity index (χ3n) is 3.87. The molecule has 8 heteroatoms. The van der Waals surface area contributed by atoms with Gasteiger partial charge in [-0.1, -0.05) is 12.8 Å². The number of halogens is 3. The maximum Gasteiger partial charge on any atom is 0.416 e. The molecule has 3 N–H and O–H groups in total. The summed E-state index contributed by atoms with van der Waals surface area (Å²) < 4.78 is 37.9. The Kier molecular flexibility index (Phi) is 4.08. The maximum absolute atomic E-state index is 12.6. The minimum atomic E-state index is -4.61. The first-order valence-corrected chi connectivity index (χ1v) is 6.61. The van der Waals surface area contributed by atoms with E-state index in [1.54, 1.807) is 0 Å². The number of alkyl halides is 3. The molecule has 0 bridgehead atoms. The molecule has 1 fully saturated rings. The summed E-state index contributed by atoms with van der Waals surface area (Å²) in [5, 5.41) is 14.0. The number of hydrogen-bond acceptors (Lipinski definition) is 4. The van der Waals surface area contributed by atoms with Crippen LogP contribution in [0.3, 0.4) is 0 Å². The van der Waals surface area contributed by atoms with Crippen molar-refractivity contribution in [2.75, 3.05) is 11.9 Å². The predicted octanol–water partition coefficient (Wildman–Crippen LogP) is 3.30. The van der Waals surface area contributed by atoms with Gasteiger partial charge >= 0.3 is 6.18 Å². The van der Waals surface area contributed by atoms with Gasteiger partial charge in [-0.15, -0.1) is 0 Å². The van der Waals surface area contributed by atoms with Gasteiger partial charge in [-0.25, -0.2) is 0 Å². The van der Waals surface area contributed by atoms with Crippen molar-refractivity contribution >= 4 is 11.4 Å². The van der Waals surface area contributed by atoms with E-state index in [1.807, 2.05) is 0 Å².